The third-order valence-corrected chi connectivity index (χ3v) is 11.3. The Labute approximate surface area is 302 Å². The summed E-state index contributed by atoms with van der Waals surface area (Å²) in [5.74, 6) is 0. The normalized spacial score (nSPS) is 12.2. The molecular formula is C49H28N2O2. The molecule has 0 fully saturated rings. The minimum absolute atomic E-state index is 0.0134. The Morgan fingerprint density at radius 2 is 1.00 bits per heavy atom. The second-order valence-electron chi connectivity index (χ2n) is 14.0. The average molecular weight is 677 g/mol. The molecule has 0 spiro atoms. The molecule has 0 unspecified atom stereocenters. The van der Waals surface area contributed by atoms with E-state index < -0.39 is 0 Å². The van der Waals surface area contributed by atoms with Crippen molar-refractivity contribution in [2.24, 2.45) is 0 Å². The minimum Gasteiger partial charge on any atom is -0.455 e. The van der Waals surface area contributed by atoms with Gasteiger partial charge in [-0.15, -0.1) is 0 Å². The van der Waals surface area contributed by atoms with Crippen LogP contribution in [-0.2, 0) is 0 Å². The first-order valence-corrected chi connectivity index (χ1v) is 18.0. The van der Waals surface area contributed by atoms with Crippen LogP contribution in [0.3, 0.4) is 0 Å². The van der Waals surface area contributed by atoms with Gasteiger partial charge in [0, 0.05) is 59.9 Å². The molecule has 0 aliphatic carbocycles. The van der Waals surface area contributed by atoms with Crippen molar-refractivity contribution in [2.45, 2.75) is 0 Å². The Morgan fingerprint density at radius 1 is 0.396 bits per heavy atom. The molecule has 8 aromatic carbocycles. The van der Waals surface area contributed by atoms with Crippen LogP contribution in [0.25, 0.3) is 110 Å². The smallest absolute Gasteiger partial charge is 0.263 e. The van der Waals surface area contributed by atoms with Crippen LogP contribution in [0.1, 0.15) is 0 Å². The van der Waals surface area contributed by atoms with Gasteiger partial charge in [0.25, 0.3) is 5.56 Å². The van der Waals surface area contributed by atoms with Gasteiger partial charge in [0.15, 0.2) is 0 Å². The van der Waals surface area contributed by atoms with Gasteiger partial charge in [-0.25, -0.2) is 0 Å². The number of benzene rings is 8. The van der Waals surface area contributed by atoms with E-state index in [1.807, 2.05) is 34.7 Å². The summed E-state index contributed by atoms with van der Waals surface area (Å²) >= 11 is 0. The second-order valence-corrected chi connectivity index (χ2v) is 14.0. The van der Waals surface area contributed by atoms with Crippen molar-refractivity contribution in [3.63, 3.8) is 0 Å². The molecule has 12 aromatic rings. The summed E-state index contributed by atoms with van der Waals surface area (Å²) in [5.41, 5.74) is 11.3. The predicted octanol–water partition coefficient (Wildman–Crippen LogP) is 12.5. The highest BCUT2D eigenvalue weighted by Gasteiger charge is 2.21. The number of hydrogen-bond donors (Lipinski definition) is 0. The SMILES string of the molecule is O=c1c2ccccc2c2cccc3c4cccc(-c5cccc(-n6c7ccccc7c7cc(-c8cccc9c8oc8ccccc89)ccc76)c5)c4n1c23. The number of hydrogen-bond acceptors (Lipinski definition) is 2. The van der Waals surface area contributed by atoms with Crippen molar-refractivity contribution in [3.8, 4) is 27.9 Å². The molecule has 53 heavy (non-hydrogen) atoms. The van der Waals surface area contributed by atoms with E-state index in [9.17, 15) is 4.79 Å². The maximum absolute atomic E-state index is 14.3. The van der Waals surface area contributed by atoms with Crippen LogP contribution in [0.5, 0.6) is 0 Å². The fourth-order valence-corrected chi connectivity index (χ4v) is 9.00. The molecule has 12 rings (SSSR count). The summed E-state index contributed by atoms with van der Waals surface area (Å²) in [6, 6.07) is 59.5. The average Bonchev–Trinajstić information content (AvgIpc) is 3.88. The zero-order chi connectivity index (χ0) is 34.8. The molecule has 0 bridgehead atoms. The standard InChI is InChI=1S/C49H28N2O2/c52-49-41-16-2-1-13-34(41)37-19-10-21-39-38-20-8-17-32(46(38)51(49)47(37)39)29-11-7-12-31(27-29)50-43-23-5-3-14-35(43)42-28-30(25-26-44(42)50)33-18-9-22-40-36-15-4-6-24-45(36)53-48(33)40/h1-28H. The summed E-state index contributed by atoms with van der Waals surface area (Å²) in [7, 11) is 0. The highest BCUT2D eigenvalue weighted by Crippen LogP contribution is 2.42. The van der Waals surface area contributed by atoms with Crippen molar-refractivity contribution in [3.05, 3.63) is 180 Å². The van der Waals surface area contributed by atoms with Gasteiger partial charge in [-0.3, -0.25) is 9.20 Å². The molecule has 0 atom stereocenters. The molecule has 0 saturated heterocycles. The molecule has 0 saturated carbocycles. The van der Waals surface area contributed by atoms with E-state index >= 15 is 0 Å². The lowest BCUT2D eigenvalue weighted by molar-refractivity contribution is 0.670. The fourth-order valence-electron chi connectivity index (χ4n) is 9.00. The maximum Gasteiger partial charge on any atom is 0.263 e. The van der Waals surface area contributed by atoms with Gasteiger partial charge in [0.1, 0.15) is 11.2 Å². The third kappa shape index (κ3) is 3.81. The van der Waals surface area contributed by atoms with E-state index in [0.717, 1.165) is 98.9 Å². The monoisotopic (exact) mass is 676 g/mol. The van der Waals surface area contributed by atoms with Crippen molar-refractivity contribution in [2.75, 3.05) is 0 Å². The van der Waals surface area contributed by atoms with E-state index in [1.54, 1.807) is 0 Å². The van der Waals surface area contributed by atoms with E-state index in [2.05, 4.69) is 144 Å². The lowest BCUT2D eigenvalue weighted by Crippen LogP contribution is -2.13. The number of fused-ring (bicyclic) bond motifs is 11. The molecule has 4 nitrogen and oxygen atoms in total. The number of furan rings is 1. The quantitative estimate of drug-likeness (QED) is 0.175. The second kappa shape index (κ2) is 10.4. The van der Waals surface area contributed by atoms with Crippen LogP contribution in [0.15, 0.2) is 179 Å². The van der Waals surface area contributed by atoms with Gasteiger partial charge < -0.3 is 8.98 Å². The van der Waals surface area contributed by atoms with Crippen LogP contribution in [0, 0.1) is 0 Å². The van der Waals surface area contributed by atoms with Crippen molar-refractivity contribution < 1.29 is 4.42 Å². The zero-order valence-corrected chi connectivity index (χ0v) is 28.4. The van der Waals surface area contributed by atoms with Crippen LogP contribution in [0.4, 0.5) is 0 Å². The maximum atomic E-state index is 14.3. The summed E-state index contributed by atoms with van der Waals surface area (Å²) in [6.07, 6.45) is 0. The third-order valence-electron chi connectivity index (χ3n) is 11.3. The first kappa shape index (κ1) is 28.5. The number of para-hydroxylation sites is 5. The first-order valence-electron chi connectivity index (χ1n) is 18.0. The molecule has 0 aliphatic rings. The fraction of sp³-hybridized carbons (Fsp3) is 0. The highest BCUT2D eigenvalue weighted by atomic mass is 16.3. The van der Waals surface area contributed by atoms with E-state index in [1.165, 1.54) is 10.8 Å². The lowest BCUT2D eigenvalue weighted by atomic mass is 10.00. The van der Waals surface area contributed by atoms with E-state index in [-0.39, 0.29) is 5.56 Å². The Bertz CT molecular complexity index is 3550. The van der Waals surface area contributed by atoms with Crippen molar-refractivity contribution in [1.29, 1.82) is 0 Å². The van der Waals surface area contributed by atoms with Gasteiger partial charge >= 0.3 is 0 Å². The summed E-state index contributed by atoms with van der Waals surface area (Å²) < 4.78 is 10.8. The predicted molar refractivity (Wildman–Crippen MR) is 220 cm³/mol. The van der Waals surface area contributed by atoms with Gasteiger partial charge in [0.2, 0.25) is 0 Å². The van der Waals surface area contributed by atoms with Crippen LogP contribution in [-0.4, -0.2) is 8.97 Å². The highest BCUT2D eigenvalue weighted by molar-refractivity contribution is 6.22. The van der Waals surface area contributed by atoms with Gasteiger partial charge in [0.05, 0.1) is 22.1 Å². The molecule has 0 radical (unpaired) electrons. The molecule has 0 amide bonds. The molecule has 4 aromatic heterocycles. The largest absolute Gasteiger partial charge is 0.455 e. The molecule has 4 heterocycles. The summed E-state index contributed by atoms with van der Waals surface area (Å²) in [5, 5.41) is 9.61. The summed E-state index contributed by atoms with van der Waals surface area (Å²) in [4.78, 5) is 14.3. The molecule has 246 valence electrons. The van der Waals surface area contributed by atoms with Gasteiger partial charge in [-0.1, -0.05) is 127 Å². The molecule has 0 N–H and O–H groups in total. The topological polar surface area (TPSA) is 39.5 Å². The zero-order valence-electron chi connectivity index (χ0n) is 28.4. The Balaban J connectivity index is 1.08. The number of aromatic nitrogens is 2. The Kier molecular flexibility index (Phi) is 5.62. The van der Waals surface area contributed by atoms with Crippen LogP contribution in [0.2, 0.25) is 0 Å². The van der Waals surface area contributed by atoms with E-state index in [0.29, 0.717) is 0 Å². The van der Waals surface area contributed by atoms with Crippen molar-refractivity contribution >= 4 is 81.7 Å². The van der Waals surface area contributed by atoms with Gasteiger partial charge in [-0.2, -0.15) is 0 Å². The van der Waals surface area contributed by atoms with E-state index in [4.69, 9.17) is 4.42 Å². The Hall–Kier alpha value is -7.17. The number of nitrogens with zero attached hydrogens (tertiary/aromatic N) is 2. The summed E-state index contributed by atoms with van der Waals surface area (Å²) in [6.45, 7) is 0. The molecular weight excluding hydrogens is 649 g/mol. The van der Waals surface area contributed by atoms with Crippen LogP contribution >= 0.6 is 0 Å². The molecule has 0 aliphatic heterocycles. The Morgan fingerprint density at radius 3 is 1.87 bits per heavy atom. The first-order chi connectivity index (χ1) is 26.2. The van der Waals surface area contributed by atoms with Gasteiger partial charge in [-0.05, 0) is 59.0 Å². The minimum atomic E-state index is 0.0134. The number of rotatable bonds is 3. The molecule has 4 heteroatoms. The van der Waals surface area contributed by atoms with Crippen LogP contribution < -0.4 is 5.56 Å². The van der Waals surface area contributed by atoms with Crippen molar-refractivity contribution in [1.82, 2.24) is 8.97 Å². The number of pyridine rings is 1. The lowest BCUT2D eigenvalue weighted by Gasteiger charge is -2.12.